The Balaban J connectivity index is 2.08. The van der Waals surface area contributed by atoms with Crippen LogP contribution in [-0.4, -0.2) is 40.6 Å². The van der Waals surface area contributed by atoms with E-state index in [2.05, 4.69) is 27.5 Å². The molecule has 1 aromatic heterocycles. The second kappa shape index (κ2) is 12.3. The van der Waals surface area contributed by atoms with E-state index in [4.69, 9.17) is 5.73 Å². The van der Waals surface area contributed by atoms with E-state index < -0.39 is 0 Å². The largest absolute Gasteiger partial charge is 0.368 e. The smallest absolute Gasteiger partial charge is 0.251 e. The number of anilines is 1. The van der Waals surface area contributed by atoms with Gasteiger partial charge in [0.15, 0.2) is 0 Å². The van der Waals surface area contributed by atoms with Gasteiger partial charge in [-0.3, -0.25) is 9.59 Å². The number of nitrogens with one attached hydrogen (secondary N) is 2. The molecule has 0 bridgehead atoms. The molecule has 7 nitrogen and oxygen atoms in total. The van der Waals surface area contributed by atoms with Crippen molar-refractivity contribution in [1.29, 1.82) is 0 Å². The fraction of sp³-hybridized carbons (Fsp3) is 0.478. The van der Waals surface area contributed by atoms with Gasteiger partial charge in [0, 0.05) is 31.1 Å². The molecule has 0 aliphatic carbocycles. The van der Waals surface area contributed by atoms with E-state index >= 15 is 0 Å². The lowest BCUT2D eigenvalue weighted by molar-refractivity contribution is -0.118. The van der Waals surface area contributed by atoms with Crippen LogP contribution in [0.4, 0.5) is 5.95 Å². The molecule has 168 valence electrons. The van der Waals surface area contributed by atoms with Gasteiger partial charge in [-0.05, 0) is 68.5 Å². The first-order valence-corrected chi connectivity index (χ1v) is 11.7. The molecular formula is C23H33N5O2S. The minimum Gasteiger partial charge on any atom is -0.368 e. The predicted octanol–water partition coefficient (Wildman–Crippen LogP) is 3.88. The first-order valence-electron chi connectivity index (χ1n) is 10.7. The molecule has 0 aliphatic heterocycles. The monoisotopic (exact) mass is 443 g/mol. The van der Waals surface area contributed by atoms with Crippen LogP contribution in [0.1, 0.15) is 61.0 Å². The van der Waals surface area contributed by atoms with Crippen molar-refractivity contribution >= 4 is 29.5 Å². The summed E-state index contributed by atoms with van der Waals surface area (Å²) in [7, 11) is 0. The maximum absolute atomic E-state index is 12.8. The number of nitrogen functional groups attached to an aromatic ring is 1. The number of rotatable bonds is 11. The molecule has 31 heavy (non-hydrogen) atoms. The number of carbonyl (C=O) groups is 2. The summed E-state index contributed by atoms with van der Waals surface area (Å²) in [6.45, 7) is 8.85. The summed E-state index contributed by atoms with van der Waals surface area (Å²) < 4.78 is 0. The molecule has 2 rings (SSSR count). The highest BCUT2D eigenvalue weighted by Crippen LogP contribution is 2.29. The highest BCUT2D eigenvalue weighted by atomic mass is 32.2. The summed E-state index contributed by atoms with van der Waals surface area (Å²) in [6, 6.07) is 5.84. The Kier molecular flexibility index (Phi) is 9.78. The maximum Gasteiger partial charge on any atom is 0.251 e. The lowest BCUT2D eigenvalue weighted by atomic mass is 9.97. The average molecular weight is 444 g/mol. The van der Waals surface area contributed by atoms with Gasteiger partial charge >= 0.3 is 0 Å². The van der Waals surface area contributed by atoms with Crippen molar-refractivity contribution in [2.45, 2.75) is 58.4 Å². The highest BCUT2D eigenvalue weighted by molar-refractivity contribution is 7.99. The summed E-state index contributed by atoms with van der Waals surface area (Å²) in [6.07, 6.45) is 3.75. The fourth-order valence-corrected chi connectivity index (χ4v) is 3.99. The van der Waals surface area contributed by atoms with Gasteiger partial charge in [0.1, 0.15) is 5.03 Å². The molecule has 8 heteroatoms. The first kappa shape index (κ1) is 24.7. The Morgan fingerprint density at radius 2 is 1.71 bits per heavy atom. The number of hydrogen-bond acceptors (Lipinski definition) is 6. The Labute approximate surface area is 189 Å². The number of aryl methyl sites for hydroxylation is 2. The number of nitrogens with two attached hydrogens (primary N) is 1. The Bertz CT molecular complexity index is 917. The summed E-state index contributed by atoms with van der Waals surface area (Å²) in [5.74, 6) is 1.09. The molecule has 1 aromatic carbocycles. The molecule has 0 fully saturated rings. The number of nitrogens with zero attached hydrogens (tertiary/aromatic N) is 2. The van der Waals surface area contributed by atoms with E-state index in [1.807, 2.05) is 32.0 Å². The summed E-state index contributed by atoms with van der Waals surface area (Å²) in [5, 5.41) is 6.62. The Morgan fingerprint density at radius 1 is 1.00 bits per heavy atom. The van der Waals surface area contributed by atoms with Crippen LogP contribution in [0.3, 0.4) is 0 Å². The third kappa shape index (κ3) is 7.86. The Hall–Kier alpha value is -2.61. The molecular weight excluding hydrogens is 410 g/mol. The minimum atomic E-state index is -0.0942. The number of aromatic nitrogens is 2. The van der Waals surface area contributed by atoms with Crippen molar-refractivity contribution < 1.29 is 9.59 Å². The first-order chi connectivity index (χ1) is 14.8. The molecule has 0 atom stereocenters. The van der Waals surface area contributed by atoms with E-state index in [0.717, 1.165) is 58.8 Å². The molecule has 2 aromatic rings. The van der Waals surface area contributed by atoms with Crippen LogP contribution in [0.25, 0.3) is 11.3 Å². The number of amides is 2. The summed E-state index contributed by atoms with van der Waals surface area (Å²) in [5.41, 5.74) is 10.2. The number of unbranched alkanes of at least 4 members (excludes halogenated alkanes) is 2. The van der Waals surface area contributed by atoms with E-state index in [9.17, 15) is 9.59 Å². The molecule has 0 unspecified atom stereocenters. The van der Waals surface area contributed by atoms with Crippen LogP contribution in [-0.2, 0) is 4.79 Å². The molecule has 0 aliphatic rings. The van der Waals surface area contributed by atoms with Crippen molar-refractivity contribution in [3.63, 3.8) is 0 Å². The zero-order chi connectivity index (χ0) is 22.8. The quantitative estimate of drug-likeness (QED) is 0.276. The molecule has 4 N–H and O–H groups in total. The normalized spacial score (nSPS) is 10.7. The lowest BCUT2D eigenvalue weighted by Gasteiger charge is -2.13. The maximum atomic E-state index is 12.8. The van der Waals surface area contributed by atoms with Crippen LogP contribution in [0.5, 0.6) is 0 Å². The van der Waals surface area contributed by atoms with Gasteiger partial charge in [0.2, 0.25) is 11.9 Å². The van der Waals surface area contributed by atoms with E-state index in [1.54, 1.807) is 11.8 Å². The lowest BCUT2D eigenvalue weighted by Crippen LogP contribution is -2.26. The third-order valence-corrected chi connectivity index (χ3v) is 5.90. The van der Waals surface area contributed by atoms with Gasteiger partial charge in [0.25, 0.3) is 5.91 Å². The molecule has 2 amide bonds. The van der Waals surface area contributed by atoms with Crippen molar-refractivity contribution in [3.05, 3.63) is 34.9 Å². The SMILES string of the molecule is CCCSc1cc(-c2cc(C(=O)NCCCCCNC(C)=O)c(C)cc2C)nc(N)n1. The van der Waals surface area contributed by atoms with Crippen LogP contribution in [0.2, 0.25) is 0 Å². The van der Waals surface area contributed by atoms with Crippen molar-refractivity contribution in [2.24, 2.45) is 0 Å². The number of benzene rings is 1. The third-order valence-electron chi connectivity index (χ3n) is 4.78. The summed E-state index contributed by atoms with van der Waals surface area (Å²) in [4.78, 5) is 32.4. The van der Waals surface area contributed by atoms with Gasteiger partial charge in [-0.15, -0.1) is 11.8 Å². The van der Waals surface area contributed by atoms with Crippen molar-refractivity contribution in [1.82, 2.24) is 20.6 Å². The van der Waals surface area contributed by atoms with Crippen LogP contribution in [0.15, 0.2) is 23.2 Å². The van der Waals surface area contributed by atoms with Gasteiger partial charge in [0.05, 0.1) is 5.69 Å². The Morgan fingerprint density at radius 3 is 2.39 bits per heavy atom. The fourth-order valence-electron chi connectivity index (χ4n) is 3.22. The topological polar surface area (TPSA) is 110 Å². The zero-order valence-corrected chi connectivity index (χ0v) is 19.7. The van der Waals surface area contributed by atoms with Gasteiger partial charge in [-0.25, -0.2) is 9.97 Å². The standard InChI is InChI=1S/C23H33N5O2S/c1-5-11-31-21-14-20(27-23(24)28-21)18-13-19(16(3)12-15(18)2)22(30)26-10-8-6-7-9-25-17(4)29/h12-14H,5-11H2,1-4H3,(H,25,29)(H,26,30)(H2,24,27,28). The number of carbonyl (C=O) groups excluding carboxylic acids is 2. The van der Waals surface area contributed by atoms with Gasteiger partial charge in [-0.1, -0.05) is 13.0 Å². The van der Waals surface area contributed by atoms with E-state index in [-0.39, 0.29) is 17.8 Å². The zero-order valence-electron chi connectivity index (χ0n) is 18.9. The molecule has 0 saturated carbocycles. The van der Waals surface area contributed by atoms with Crippen molar-refractivity contribution in [2.75, 3.05) is 24.6 Å². The van der Waals surface area contributed by atoms with Gasteiger partial charge in [-0.2, -0.15) is 0 Å². The van der Waals surface area contributed by atoms with Crippen LogP contribution >= 0.6 is 11.8 Å². The van der Waals surface area contributed by atoms with Gasteiger partial charge < -0.3 is 16.4 Å². The summed E-state index contributed by atoms with van der Waals surface area (Å²) >= 11 is 1.65. The minimum absolute atomic E-state index is 0.0134. The molecule has 0 saturated heterocycles. The number of hydrogen-bond donors (Lipinski definition) is 3. The van der Waals surface area contributed by atoms with Crippen LogP contribution < -0.4 is 16.4 Å². The highest BCUT2D eigenvalue weighted by Gasteiger charge is 2.15. The van der Waals surface area contributed by atoms with Crippen molar-refractivity contribution in [3.8, 4) is 11.3 Å². The molecule has 1 heterocycles. The second-order valence-electron chi connectivity index (χ2n) is 7.58. The molecule has 0 radical (unpaired) electrons. The van der Waals surface area contributed by atoms with E-state index in [1.165, 1.54) is 6.92 Å². The average Bonchev–Trinajstić information content (AvgIpc) is 2.70. The number of thioether (sulfide) groups is 1. The molecule has 0 spiro atoms. The van der Waals surface area contributed by atoms with Crippen LogP contribution in [0, 0.1) is 13.8 Å². The predicted molar refractivity (Wildman–Crippen MR) is 127 cm³/mol. The second-order valence-corrected chi connectivity index (χ2v) is 8.69. The van der Waals surface area contributed by atoms with E-state index in [0.29, 0.717) is 18.7 Å².